The van der Waals surface area contributed by atoms with E-state index in [2.05, 4.69) is 31.2 Å². The van der Waals surface area contributed by atoms with E-state index >= 15 is 0 Å². The highest BCUT2D eigenvalue weighted by Crippen LogP contribution is 2.14. The summed E-state index contributed by atoms with van der Waals surface area (Å²) in [7, 11) is 0. The van der Waals surface area contributed by atoms with Crippen LogP contribution in [0, 0.1) is 0 Å². The predicted octanol–water partition coefficient (Wildman–Crippen LogP) is 5.41. The minimum atomic E-state index is 0.631. The molecule has 0 fully saturated rings. The van der Waals surface area contributed by atoms with Gasteiger partial charge in [0.2, 0.25) is 0 Å². The fraction of sp³-hybridized carbons (Fsp3) is 0.263. The molecule has 2 aromatic carbocycles. The van der Waals surface area contributed by atoms with Crippen LogP contribution < -0.4 is 4.74 Å². The van der Waals surface area contributed by atoms with Crippen LogP contribution in [-0.2, 0) is 13.0 Å². The van der Waals surface area contributed by atoms with Gasteiger partial charge in [0.15, 0.2) is 0 Å². The molecule has 0 aliphatic heterocycles. The average molecular weight is 268 g/mol. The monoisotopic (exact) mass is 268 g/mol. The first kappa shape index (κ1) is 16.0. The molecule has 0 aliphatic carbocycles. The molecule has 0 radical (unpaired) electrons. The maximum atomic E-state index is 5.69. The van der Waals surface area contributed by atoms with Crippen molar-refractivity contribution < 1.29 is 4.74 Å². The number of aryl methyl sites for hydroxylation is 1. The van der Waals surface area contributed by atoms with Gasteiger partial charge in [-0.05, 0) is 43.5 Å². The predicted molar refractivity (Wildman–Crippen MR) is 87.1 cm³/mol. The van der Waals surface area contributed by atoms with Crippen molar-refractivity contribution in [2.45, 2.75) is 33.8 Å². The zero-order valence-corrected chi connectivity index (χ0v) is 12.7. The van der Waals surface area contributed by atoms with Crippen LogP contribution in [0.2, 0.25) is 0 Å². The van der Waals surface area contributed by atoms with Gasteiger partial charge < -0.3 is 4.74 Å². The van der Waals surface area contributed by atoms with Gasteiger partial charge in [0.1, 0.15) is 12.4 Å². The lowest BCUT2D eigenvalue weighted by atomic mass is 10.2. The Morgan fingerprint density at radius 1 is 0.800 bits per heavy atom. The van der Waals surface area contributed by atoms with Crippen LogP contribution in [0.5, 0.6) is 5.75 Å². The second kappa shape index (κ2) is 9.85. The van der Waals surface area contributed by atoms with Gasteiger partial charge in [-0.15, -0.1) is 0 Å². The molecular formula is C19H24O. The molecule has 0 aliphatic rings. The van der Waals surface area contributed by atoms with Crippen LogP contribution in [0.1, 0.15) is 31.9 Å². The Hall–Kier alpha value is -2.02. The van der Waals surface area contributed by atoms with Gasteiger partial charge >= 0.3 is 0 Å². The van der Waals surface area contributed by atoms with Gasteiger partial charge in [0.25, 0.3) is 0 Å². The molecule has 0 bridgehead atoms. The van der Waals surface area contributed by atoms with Crippen LogP contribution in [0.3, 0.4) is 0 Å². The van der Waals surface area contributed by atoms with Crippen molar-refractivity contribution in [3.8, 4) is 5.75 Å². The minimum absolute atomic E-state index is 0.631. The molecule has 106 valence electrons. The summed E-state index contributed by atoms with van der Waals surface area (Å²) in [5.74, 6) is 0.932. The van der Waals surface area contributed by atoms with Gasteiger partial charge in [-0.1, -0.05) is 61.5 Å². The molecule has 0 unspecified atom stereocenters. The van der Waals surface area contributed by atoms with Crippen molar-refractivity contribution in [2.75, 3.05) is 0 Å². The SMILES string of the molecule is C/C=C\C.CCc1ccc(OCc2ccccc2)cc1. The van der Waals surface area contributed by atoms with Crippen molar-refractivity contribution in [3.05, 3.63) is 77.9 Å². The summed E-state index contributed by atoms with van der Waals surface area (Å²) in [4.78, 5) is 0. The first-order valence-electron chi connectivity index (χ1n) is 7.13. The number of allylic oxidation sites excluding steroid dienone is 2. The van der Waals surface area contributed by atoms with E-state index in [-0.39, 0.29) is 0 Å². The highest BCUT2D eigenvalue weighted by Gasteiger charge is 1.95. The standard InChI is InChI=1S/C15H16O.C4H8/c1-2-13-8-10-15(11-9-13)16-12-14-6-4-3-5-7-14;1-3-4-2/h3-11H,2,12H2,1H3;3-4H,1-2H3/b;4-3-. The summed E-state index contributed by atoms with van der Waals surface area (Å²) in [5, 5.41) is 0. The van der Waals surface area contributed by atoms with Crippen LogP contribution in [0.4, 0.5) is 0 Å². The van der Waals surface area contributed by atoms with Crippen LogP contribution in [0.25, 0.3) is 0 Å². The van der Waals surface area contributed by atoms with Crippen molar-refractivity contribution >= 4 is 0 Å². The summed E-state index contributed by atoms with van der Waals surface area (Å²) in [5.41, 5.74) is 2.54. The van der Waals surface area contributed by atoms with Crippen LogP contribution in [0.15, 0.2) is 66.7 Å². The van der Waals surface area contributed by atoms with Gasteiger partial charge in [-0.2, -0.15) is 0 Å². The van der Waals surface area contributed by atoms with Crippen molar-refractivity contribution in [2.24, 2.45) is 0 Å². The van der Waals surface area contributed by atoms with Gasteiger partial charge in [0.05, 0.1) is 0 Å². The molecule has 0 saturated heterocycles. The quantitative estimate of drug-likeness (QED) is 0.674. The summed E-state index contributed by atoms with van der Waals surface area (Å²) in [6.07, 6.45) is 5.07. The van der Waals surface area contributed by atoms with Gasteiger partial charge in [-0.3, -0.25) is 0 Å². The molecule has 0 heterocycles. The van der Waals surface area contributed by atoms with Crippen LogP contribution >= 0.6 is 0 Å². The molecule has 0 amide bonds. The van der Waals surface area contributed by atoms with Gasteiger partial charge in [-0.25, -0.2) is 0 Å². The highest BCUT2D eigenvalue weighted by molar-refractivity contribution is 5.27. The molecule has 0 atom stereocenters. The van der Waals surface area contributed by atoms with Crippen molar-refractivity contribution in [1.82, 2.24) is 0 Å². The maximum absolute atomic E-state index is 5.69. The Kier molecular flexibility index (Phi) is 7.90. The van der Waals surface area contributed by atoms with E-state index in [9.17, 15) is 0 Å². The summed E-state index contributed by atoms with van der Waals surface area (Å²) in [6.45, 7) is 6.78. The molecule has 0 saturated carbocycles. The minimum Gasteiger partial charge on any atom is -0.489 e. The average Bonchev–Trinajstić information content (AvgIpc) is 2.54. The Morgan fingerprint density at radius 3 is 1.90 bits per heavy atom. The molecule has 0 N–H and O–H groups in total. The number of rotatable bonds is 4. The maximum Gasteiger partial charge on any atom is 0.119 e. The number of hydrogen-bond acceptors (Lipinski definition) is 1. The van der Waals surface area contributed by atoms with E-state index in [0.717, 1.165) is 12.2 Å². The first-order chi connectivity index (χ1) is 9.80. The third-order valence-corrected chi connectivity index (χ3v) is 2.91. The van der Waals surface area contributed by atoms with Crippen LogP contribution in [-0.4, -0.2) is 0 Å². The molecule has 1 nitrogen and oxygen atoms in total. The second-order valence-electron chi connectivity index (χ2n) is 4.44. The zero-order valence-electron chi connectivity index (χ0n) is 12.7. The largest absolute Gasteiger partial charge is 0.489 e. The van der Waals surface area contributed by atoms with E-state index < -0.39 is 0 Å². The third-order valence-electron chi connectivity index (χ3n) is 2.91. The third kappa shape index (κ3) is 6.24. The molecule has 1 heteroatoms. The number of hydrogen-bond donors (Lipinski definition) is 0. The van der Waals surface area contributed by atoms with E-state index in [1.807, 2.05) is 56.3 Å². The smallest absolute Gasteiger partial charge is 0.119 e. The van der Waals surface area contributed by atoms with Crippen molar-refractivity contribution in [1.29, 1.82) is 0 Å². The molecule has 20 heavy (non-hydrogen) atoms. The fourth-order valence-electron chi connectivity index (χ4n) is 1.56. The lowest BCUT2D eigenvalue weighted by Gasteiger charge is -2.06. The van der Waals surface area contributed by atoms with Crippen molar-refractivity contribution in [3.63, 3.8) is 0 Å². The summed E-state index contributed by atoms with van der Waals surface area (Å²) < 4.78 is 5.69. The number of benzene rings is 2. The lowest BCUT2D eigenvalue weighted by molar-refractivity contribution is 0.306. The number of ether oxygens (including phenoxy) is 1. The molecule has 2 aromatic rings. The highest BCUT2D eigenvalue weighted by atomic mass is 16.5. The Balaban J connectivity index is 0.000000444. The second-order valence-corrected chi connectivity index (χ2v) is 4.44. The molecule has 2 rings (SSSR count). The van der Waals surface area contributed by atoms with Gasteiger partial charge in [0, 0.05) is 0 Å². The summed E-state index contributed by atoms with van der Waals surface area (Å²) in [6, 6.07) is 18.5. The first-order valence-corrected chi connectivity index (χ1v) is 7.13. The Bertz CT molecular complexity index is 479. The molecule has 0 spiro atoms. The van der Waals surface area contributed by atoms with E-state index in [1.54, 1.807) is 0 Å². The normalized spacial score (nSPS) is 9.95. The summed E-state index contributed by atoms with van der Waals surface area (Å²) >= 11 is 0. The van der Waals surface area contributed by atoms with E-state index in [1.165, 1.54) is 11.1 Å². The Labute approximate surface area is 122 Å². The van der Waals surface area contributed by atoms with E-state index in [4.69, 9.17) is 4.74 Å². The fourth-order valence-corrected chi connectivity index (χ4v) is 1.56. The lowest BCUT2D eigenvalue weighted by Crippen LogP contribution is -1.94. The molecular weight excluding hydrogens is 244 g/mol. The zero-order chi connectivity index (χ0) is 14.6. The molecule has 0 aromatic heterocycles. The Morgan fingerprint density at radius 2 is 1.40 bits per heavy atom. The topological polar surface area (TPSA) is 9.23 Å². The van der Waals surface area contributed by atoms with E-state index in [0.29, 0.717) is 6.61 Å².